The first-order valence-electron chi connectivity index (χ1n) is 6.87. The van der Waals surface area contributed by atoms with Gasteiger partial charge in [0.15, 0.2) is 0 Å². The minimum Gasteiger partial charge on any atom is -0.354 e. The van der Waals surface area contributed by atoms with Crippen LogP contribution in [0.25, 0.3) is 0 Å². The topological polar surface area (TPSA) is 55.1 Å². The number of nitrogens with one attached hydrogen (secondary N) is 1. The average Bonchev–Trinajstić information content (AvgIpc) is 2.32. The van der Waals surface area contributed by atoms with E-state index in [1.165, 1.54) is 5.56 Å². The lowest BCUT2D eigenvalue weighted by Crippen LogP contribution is -2.45. The number of nitrogens with two attached hydrogens (primary N) is 1. The lowest BCUT2D eigenvalue weighted by Gasteiger charge is -2.19. The summed E-state index contributed by atoms with van der Waals surface area (Å²) in [5.41, 5.74) is 6.92. The van der Waals surface area contributed by atoms with Gasteiger partial charge in [0.25, 0.3) is 0 Å². The Balaban J connectivity index is 2.44. The van der Waals surface area contributed by atoms with Gasteiger partial charge in [0.2, 0.25) is 5.91 Å². The minimum absolute atomic E-state index is 0.0217. The summed E-state index contributed by atoms with van der Waals surface area (Å²) in [6.07, 6.45) is 0. The third-order valence-electron chi connectivity index (χ3n) is 2.83. The molecule has 0 fully saturated rings. The van der Waals surface area contributed by atoms with Gasteiger partial charge in [-0.15, -0.1) is 11.8 Å². The SMILES string of the molecule is CC(C)(N)CNC(=O)CSc1ccc(C(C)(C)C)cc1. The van der Waals surface area contributed by atoms with Crippen LogP contribution in [0.15, 0.2) is 29.2 Å². The number of thioether (sulfide) groups is 1. The fourth-order valence-corrected chi connectivity index (χ4v) is 2.31. The van der Waals surface area contributed by atoms with Crippen molar-refractivity contribution in [2.45, 2.75) is 50.5 Å². The summed E-state index contributed by atoms with van der Waals surface area (Å²) in [7, 11) is 0. The number of hydrogen-bond acceptors (Lipinski definition) is 3. The summed E-state index contributed by atoms with van der Waals surface area (Å²) in [6.45, 7) is 10.9. The van der Waals surface area contributed by atoms with Crippen molar-refractivity contribution < 1.29 is 4.79 Å². The Bertz CT molecular complexity index is 441. The first-order valence-corrected chi connectivity index (χ1v) is 7.85. The van der Waals surface area contributed by atoms with Gasteiger partial charge in [-0.25, -0.2) is 0 Å². The molecule has 1 rings (SSSR count). The molecular weight excluding hydrogens is 268 g/mol. The predicted molar refractivity (Wildman–Crippen MR) is 87.1 cm³/mol. The molecule has 1 aromatic rings. The second-order valence-electron chi connectivity index (χ2n) is 6.83. The van der Waals surface area contributed by atoms with Crippen LogP contribution in [0.3, 0.4) is 0 Å². The van der Waals surface area contributed by atoms with Gasteiger partial charge in [-0.05, 0) is 37.0 Å². The molecule has 0 aliphatic carbocycles. The summed E-state index contributed by atoms with van der Waals surface area (Å²) in [4.78, 5) is 12.8. The van der Waals surface area contributed by atoms with E-state index in [0.717, 1.165) is 4.90 Å². The van der Waals surface area contributed by atoms with E-state index in [0.29, 0.717) is 12.3 Å². The molecule has 0 aliphatic heterocycles. The number of hydrogen-bond donors (Lipinski definition) is 2. The molecule has 0 unspecified atom stereocenters. The maximum Gasteiger partial charge on any atom is 0.230 e. The number of benzene rings is 1. The third kappa shape index (κ3) is 6.44. The van der Waals surface area contributed by atoms with Crippen LogP contribution in [0.5, 0.6) is 0 Å². The predicted octanol–water partition coefficient (Wildman–Crippen LogP) is 2.93. The van der Waals surface area contributed by atoms with Gasteiger partial charge in [0, 0.05) is 17.0 Å². The van der Waals surface area contributed by atoms with E-state index in [1.54, 1.807) is 11.8 Å². The largest absolute Gasteiger partial charge is 0.354 e. The number of carbonyl (C=O) groups excluding carboxylic acids is 1. The zero-order valence-electron chi connectivity index (χ0n) is 13.1. The lowest BCUT2D eigenvalue weighted by atomic mass is 9.87. The molecule has 20 heavy (non-hydrogen) atoms. The maximum atomic E-state index is 11.7. The molecule has 0 aliphatic rings. The Hall–Kier alpha value is -1.00. The zero-order valence-corrected chi connectivity index (χ0v) is 13.9. The van der Waals surface area contributed by atoms with Gasteiger partial charge < -0.3 is 11.1 Å². The Kier molecular flexibility index (Phi) is 5.66. The summed E-state index contributed by atoms with van der Waals surface area (Å²) < 4.78 is 0. The maximum absolute atomic E-state index is 11.7. The molecule has 0 saturated carbocycles. The molecule has 4 heteroatoms. The lowest BCUT2D eigenvalue weighted by molar-refractivity contribution is -0.118. The zero-order chi connectivity index (χ0) is 15.4. The normalized spacial score (nSPS) is 12.3. The van der Waals surface area contributed by atoms with Crippen LogP contribution in [0.1, 0.15) is 40.2 Å². The number of rotatable bonds is 5. The van der Waals surface area contributed by atoms with E-state index in [2.05, 4.69) is 50.4 Å². The van der Waals surface area contributed by atoms with Crippen molar-refractivity contribution in [1.82, 2.24) is 5.32 Å². The van der Waals surface area contributed by atoms with Gasteiger partial charge in [0.1, 0.15) is 0 Å². The molecule has 3 N–H and O–H groups in total. The van der Waals surface area contributed by atoms with Crippen LogP contribution in [0.2, 0.25) is 0 Å². The molecule has 1 aromatic carbocycles. The van der Waals surface area contributed by atoms with Crippen LogP contribution in [-0.4, -0.2) is 23.7 Å². The van der Waals surface area contributed by atoms with Crippen molar-refractivity contribution in [1.29, 1.82) is 0 Å². The molecular formula is C16H26N2OS. The number of amides is 1. The Morgan fingerprint density at radius 3 is 2.15 bits per heavy atom. The van der Waals surface area contributed by atoms with Gasteiger partial charge in [0.05, 0.1) is 5.75 Å². The Morgan fingerprint density at radius 1 is 1.15 bits per heavy atom. The van der Waals surface area contributed by atoms with Crippen LogP contribution < -0.4 is 11.1 Å². The monoisotopic (exact) mass is 294 g/mol. The van der Waals surface area contributed by atoms with Gasteiger partial charge in [-0.3, -0.25) is 4.79 Å². The smallest absolute Gasteiger partial charge is 0.230 e. The summed E-state index contributed by atoms with van der Waals surface area (Å²) in [6, 6.07) is 8.41. The molecule has 0 saturated heterocycles. The highest BCUT2D eigenvalue weighted by molar-refractivity contribution is 8.00. The van der Waals surface area contributed by atoms with Crippen molar-refractivity contribution in [3.8, 4) is 0 Å². The molecule has 0 bridgehead atoms. The van der Waals surface area contributed by atoms with Crippen LogP contribution in [0.4, 0.5) is 0 Å². The van der Waals surface area contributed by atoms with Crippen molar-refractivity contribution >= 4 is 17.7 Å². The standard InChI is InChI=1S/C16H26N2OS/c1-15(2,3)12-6-8-13(9-7-12)20-10-14(19)18-11-16(4,5)17/h6-9H,10-11,17H2,1-5H3,(H,18,19). The molecule has 112 valence electrons. The van der Waals surface area contributed by atoms with E-state index in [4.69, 9.17) is 5.73 Å². The van der Waals surface area contributed by atoms with Crippen LogP contribution in [-0.2, 0) is 10.2 Å². The van der Waals surface area contributed by atoms with Crippen molar-refractivity contribution in [3.63, 3.8) is 0 Å². The van der Waals surface area contributed by atoms with Crippen LogP contribution in [0, 0.1) is 0 Å². The second-order valence-corrected chi connectivity index (χ2v) is 7.88. The van der Waals surface area contributed by atoms with Gasteiger partial charge in [-0.1, -0.05) is 32.9 Å². The molecule has 0 heterocycles. The van der Waals surface area contributed by atoms with Crippen LogP contribution >= 0.6 is 11.8 Å². The molecule has 3 nitrogen and oxygen atoms in total. The highest BCUT2D eigenvalue weighted by Crippen LogP contribution is 2.25. The van der Waals surface area contributed by atoms with E-state index in [1.807, 2.05) is 13.8 Å². The summed E-state index contributed by atoms with van der Waals surface area (Å²) in [5, 5.41) is 2.84. The highest BCUT2D eigenvalue weighted by atomic mass is 32.2. The minimum atomic E-state index is -0.366. The molecule has 1 amide bonds. The quantitative estimate of drug-likeness (QED) is 0.821. The Labute approximate surface area is 126 Å². The van der Waals surface area contributed by atoms with Crippen molar-refractivity contribution in [2.24, 2.45) is 5.73 Å². The first kappa shape index (κ1) is 17.1. The summed E-state index contributed by atoms with van der Waals surface area (Å²) in [5.74, 6) is 0.443. The average molecular weight is 294 g/mol. The first-order chi connectivity index (χ1) is 9.08. The van der Waals surface area contributed by atoms with Crippen molar-refractivity contribution in [3.05, 3.63) is 29.8 Å². The molecule has 0 aromatic heterocycles. The van der Waals surface area contributed by atoms with Crippen molar-refractivity contribution in [2.75, 3.05) is 12.3 Å². The van der Waals surface area contributed by atoms with E-state index in [-0.39, 0.29) is 16.9 Å². The van der Waals surface area contributed by atoms with E-state index in [9.17, 15) is 4.79 Å². The molecule has 0 atom stereocenters. The van der Waals surface area contributed by atoms with E-state index < -0.39 is 0 Å². The Morgan fingerprint density at radius 2 is 1.70 bits per heavy atom. The third-order valence-corrected chi connectivity index (χ3v) is 3.84. The molecule has 0 radical (unpaired) electrons. The fourth-order valence-electron chi connectivity index (χ4n) is 1.58. The fraction of sp³-hybridized carbons (Fsp3) is 0.562. The second kappa shape index (κ2) is 6.64. The van der Waals surface area contributed by atoms with E-state index >= 15 is 0 Å². The van der Waals surface area contributed by atoms with Gasteiger partial charge >= 0.3 is 0 Å². The molecule has 0 spiro atoms. The van der Waals surface area contributed by atoms with Gasteiger partial charge in [-0.2, -0.15) is 0 Å². The summed E-state index contributed by atoms with van der Waals surface area (Å²) >= 11 is 1.55. The highest BCUT2D eigenvalue weighted by Gasteiger charge is 2.14. The number of carbonyl (C=O) groups is 1.